The first-order valence-electron chi connectivity index (χ1n) is 9.37. The van der Waals surface area contributed by atoms with Gasteiger partial charge in [0.1, 0.15) is 34.1 Å². The van der Waals surface area contributed by atoms with E-state index in [4.69, 9.17) is 4.74 Å². The number of rotatable bonds is 6. The van der Waals surface area contributed by atoms with E-state index in [2.05, 4.69) is 15.3 Å². The van der Waals surface area contributed by atoms with E-state index in [-0.39, 0.29) is 24.2 Å². The van der Waals surface area contributed by atoms with Crippen LogP contribution in [0.1, 0.15) is 33.2 Å². The highest BCUT2D eigenvalue weighted by Crippen LogP contribution is 2.27. The molecule has 0 spiro atoms. The van der Waals surface area contributed by atoms with Crippen molar-refractivity contribution in [3.8, 4) is 5.75 Å². The van der Waals surface area contributed by atoms with Crippen molar-refractivity contribution in [1.82, 2.24) is 14.9 Å². The van der Waals surface area contributed by atoms with Crippen LogP contribution in [0.2, 0.25) is 0 Å². The lowest BCUT2D eigenvalue weighted by atomic mass is 10.2. The smallest absolute Gasteiger partial charge is 0.266 e. The average molecular weight is 447 g/mol. The number of ether oxygens (including phenoxy) is 1. The molecule has 3 heterocycles. The number of halogens is 1. The molecule has 4 rings (SSSR count). The molecule has 7 nitrogen and oxygen atoms in total. The van der Waals surface area contributed by atoms with Crippen molar-refractivity contribution in [3.63, 3.8) is 0 Å². The minimum atomic E-state index is -0.526. The summed E-state index contributed by atoms with van der Waals surface area (Å²) in [4.78, 5) is 36.4. The Bertz CT molecular complexity index is 1040. The quantitative estimate of drug-likeness (QED) is 0.621. The van der Waals surface area contributed by atoms with Gasteiger partial charge in [0.2, 0.25) is 5.91 Å². The van der Waals surface area contributed by atoms with Crippen molar-refractivity contribution in [2.75, 3.05) is 11.9 Å². The first kappa shape index (κ1) is 20.4. The second-order valence-corrected chi connectivity index (χ2v) is 8.73. The SMILES string of the molecule is Cc1nc(COc2ccc(F)cc2)sc1C(=O)N1CCCC1C(=O)Nc1nccs1. The van der Waals surface area contributed by atoms with Gasteiger partial charge in [-0.1, -0.05) is 0 Å². The highest BCUT2D eigenvalue weighted by Gasteiger charge is 2.36. The van der Waals surface area contributed by atoms with Crippen LogP contribution in [0.3, 0.4) is 0 Å². The maximum Gasteiger partial charge on any atom is 0.266 e. The largest absolute Gasteiger partial charge is 0.486 e. The Hall–Kier alpha value is -2.85. The molecule has 1 aromatic carbocycles. The fourth-order valence-electron chi connectivity index (χ4n) is 3.28. The third kappa shape index (κ3) is 4.49. The van der Waals surface area contributed by atoms with Gasteiger partial charge in [-0.05, 0) is 44.0 Å². The number of anilines is 1. The molecule has 1 atom stereocenters. The number of carbonyl (C=O) groups is 2. The Morgan fingerprint density at radius 2 is 2.13 bits per heavy atom. The van der Waals surface area contributed by atoms with Crippen LogP contribution in [-0.4, -0.2) is 39.3 Å². The number of nitrogens with zero attached hydrogens (tertiary/aromatic N) is 3. The van der Waals surface area contributed by atoms with Gasteiger partial charge < -0.3 is 15.0 Å². The summed E-state index contributed by atoms with van der Waals surface area (Å²) < 4.78 is 18.6. The minimum absolute atomic E-state index is 0.179. The number of benzene rings is 1. The zero-order valence-corrected chi connectivity index (χ0v) is 17.8. The van der Waals surface area contributed by atoms with Crippen molar-refractivity contribution in [2.24, 2.45) is 0 Å². The molecular weight excluding hydrogens is 427 g/mol. The molecule has 2 amide bonds. The lowest BCUT2D eigenvalue weighted by Crippen LogP contribution is -2.43. The number of thiazole rings is 2. The van der Waals surface area contributed by atoms with Gasteiger partial charge in [0.05, 0.1) is 5.69 Å². The van der Waals surface area contributed by atoms with E-state index in [9.17, 15) is 14.0 Å². The van der Waals surface area contributed by atoms with Crippen molar-refractivity contribution in [2.45, 2.75) is 32.4 Å². The van der Waals surface area contributed by atoms with E-state index < -0.39 is 6.04 Å². The predicted molar refractivity (Wildman–Crippen MR) is 112 cm³/mol. The number of aryl methyl sites for hydroxylation is 1. The van der Waals surface area contributed by atoms with Gasteiger partial charge in [-0.2, -0.15) is 0 Å². The monoisotopic (exact) mass is 446 g/mol. The van der Waals surface area contributed by atoms with Crippen LogP contribution in [0.4, 0.5) is 9.52 Å². The zero-order valence-electron chi connectivity index (χ0n) is 16.1. The molecule has 10 heteroatoms. The molecule has 1 N–H and O–H groups in total. The summed E-state index contributed by atoms with van der Waals surface area (Å²) in [6, 6.07) is 5.19. The lowest BCUT2D eigenvalue weighted by Gasteiger charge is -2.23. The third-order valence-electron chi connectivity index (χ3n) is 4.69. The van der Waals surface area contributed by atoms with Gasteiger partial charge >= 0.3 is 0 Å². The van der Waals surface area contributed by atoms with Gasteiger partial charge in [-0.3, -0.25) is 9.59 Å². The molecule has 1 fully saturated rings. The number of aromatic nitrogens is 2. The van der Waals surface area contributed by atoms with Crippen molar-refractivity contribution in [1.29, 1.82) is 0 Å². The molecule has 0 radical (unpaired) electrons. The fourth-order valence-corrected chi connectivity index (χ4v) is 4.74. The van der Waals surface area contributed by atoms with Crippen LogP contribution >= 0.6 is 22.7 Å². The van der Waals surface area contributed by atoms with Crippen molar-refractivity contribution in [3.05, 3.63) is 57.2 Å². The van der Waals surface area contributed by atoms with Crippen LogP contribution in [0, 0.1) is 12.7 Å². The fraction of sp³-hybridized carbons (Fsp3) is 0.300. The van der Waals surface area contributed by atoms with E-state index in [0.29, 0.717) is 39.4 Å². The molecule has 0 bridgehead atoms. The first-order valence-corrected chi connectivity index (χ1v) is 11.1. The van der Waals surface area contributed by atoms with Crippen molar-refractivity contribution < 1.29 is 18.7 Å². The normalized spacial score (nSPS) is 15.9. The molecule has 156 valence electrons. The Balaban J connectivity index is 1.43. The molecule has 1 aliphatic rings. The number of hydrogen-bond acceptors (Lipinski definition) is 7. The molecule has 0 aliphatic carbocycles. The Morgan fingerprint density at radius 3 is 2.87 bits per heavy atom. The topological polar surface area (TPSA) is 84.4 Å². The zero-order chi connectivity index (χ0) is 21.1. The van der Waals surface area contributed by atoms with Crippen LogP contribution in [0.15, 0.2) is 35.8 Å². The molecule has 1 aliphatic heterocycles. The first-order chi connectivity index (χ1) is 14.5. The summed E-state index contributed by atoms with van der Waals surface area (Å²) in [7, 11) is 0. The number of likely N-dealkylation sites (tertiary alicyclic amines) is 1. The third-order valence-corrected chi connectivity index (χ3v) is 6.50. The number of amides is 2. The highest BCUT2D eigenvalue weighted by atomic mass is 32.1. The van der Waals surface area contributed by atoms with Gasteiger partial charge in [0, 0.05) is 18.1 Å². The number of carbonyl (C=O) groups excluding carboxylic acids is 2. The molecule has 3 aromatic rings. The van der Waals surface area contributed by atoms with E-state index in [1.807, 2.05) is 0 Å². The average Bonchev–Trinajstić information content (AvgIpc) is 3.48. The predicted octanol–water partition coefficient (Wildman–Crippen LogP) is 3.87. The van der Waals surface area contributed by atoms with E-state index in [1.54, 1.807) is 23.4 Å². The van der Waals surface area contributed by atoms with E-state index >= 15 is 0 Å². The maximum absolute atomic E-state index is 13.1. The molecular formula is C20H19FN4O3S2. The van der Waals surface area contributed by atoms with Crippen molar-refractivity contribution >= 4 is 39.6 Å². The van der Waals surface area contributed by atoms with Crippen LogP contribution in [-0.2, 0) is 11.4 Å². The Labute approximate surface area is 180 Å². The number of nitrogens with one attached hydrogen (secondary N) is 1. The highest BCUT2D eigenvalue weighted by molar-refractivity contribution is 7.14. The molecule has 0 saturated carbocycles. The van der Waals surface area contributed by atoms with Crippen LogP contribution < -0.4 is 10.1 Å². The molecule has 2 aromatic heterocycles. The summed E-state index contributed by atoms with van der Waals surface area (Å²) in [6.07, 6.45) is 3.00. The summed E-state index contributed by atoms with van der Waals surface area (Å²) in [6.45, 7) is 2.47. The van der Waals surface area contributed by atoms with Crippen LogP contribution in [0.25, 0.3) is 0 Å². The van der Waals surface area contributed by atoms with Gasteiger partial charge in [0.25, 0.3) is 5.91 Å². The molecule has 1 saturated heterocycles. The van der Waals surface area contributed by atoms with Gasteiger partial charge in [-0.15, -0.1) is 22.7 Å². The van der Waals surface area contributed by atoms with Crippen LogP contribution in [0.5, 0.6) is 5.75 Å². The maximum atomic E-state index is 13.1. The summed E-state index contributed by atoms with van der Waals surface area (Å²) >= 11 is 2.59. The van der Waals surface area contributed by atoms with E-state index in [1.165, 1.54) is 46.9 Å². The Morgan fingerprint density at radius 1 is 1.33 bits per heavy atom. The molecule has 30 heavy (non-hydrogen) atoms. The number of hydrogen-bond donors (Lipinski definition) is 1. The standard InChI is InChI=1S/C20H19FN4O3S2/c1-12-17(30-16(23-12)11-28-14-6-4-13(21)5-7-14)19(27)25-9-2-3-15(25)18(26)24-20-22-8-10-29-20/h4-8,10,15H,2-3,9,11H2,1H3,(H,22,24,26). The summed E-state index contributed by atoms with van der Waals surface area (Å²) in [5.41, 5.74) is 0.605. The minimum Gasteiger partial charge on any atom is -0.486 e. The second kappa shape index (κ2) is 8.88. The summed E-state index contributed by atoms with van der Waals surface area (Å²) in [5.74, 6) is -0.234. The Kier molecular flexibility index (Phi) is 6.05. The molecule has 1 unspecified atom stereocenters. The second-order valence-electron chi connectivity index (χ2n) is 6.75. The van der Waals surface area contributed by atoms with Gasteiger partial charge in [-0.25, -0.2) is 14.4 Å². The van der Waals surface area contributed by atoms with E-state index in [0.717, 1.165) is 6.42 Å². The lowest BCUT2D eigenvalue weighted by molar-refractivity contribution is -0.119. The van der Waals surface area contributed by atoms with Gasteiger partial charge in [0.15, 0.2) is 5.13 Å². The summed E-state index contributed by atoms with van der Waals surface area (Å²) in [5, 5.41) is 5.72.